The standard InChI is InChI=1S/C8H8FNOS/c9-8(11)6-4-7-5(10-6)2-1-3-12-7/h4,10H,1-3H2. The lowest BCUT2D eigenvalue weighted by atomic mass is 10.2. The number of carbonyl (C=O) groups excluding carboxylic acids is 1. The Morgan fingerprint density at radius 2 is 2.50 bits per heavy atom. The minimum atomic E-state index is -1.37. The fourth-order valence-corrected chi connectivity index (χ4v) is 2.37. The van der Waals surface area contributed by atoms with Crippen molar-refractivity contribution >= 4 is 17.8 Å². The molecule has 64 valence electrons. The average molecular weight is 185 g/mol. The monoisotopic (exact) mass is 185 g/mol. The van der Waals surface area contributed by atoms with Crippen molar-refractivity contribution in [1.29, 1.82) is 0 Å². The van der Waals surface area contributed by atoms with E-state index >= 15 is 0 Å². The van der Waals surface area contributed by atoms with Gasteiger partial charge < -0.3 is 4.98 Å². The predicted molar refractivity (Wildman–Crippen MR) is 45.3 cm³/mol. The molecule has 0 saturated carbocycles. The Kier molecular flexibility index (Phi) is 1.92. The highest BCUT2D eigenvalue weighted by Gasteiger charge is 2.16. The Bertz CT molecular complexity index is 297. The smallest absolute Gasteiger partial charge is 0.348 e. The molecule has 0 fully saturated rings. The van der Waals surface area contributed by atoms with E-state index in [1.807, 2.05) is 0 Å². The average Bonchev–Trinajstić information content (AvgIpc) is 2.46. The van der Waals surface area contributed by atoms with Gasteiger partial charge in [0.2, 0.25) is 0 Å². The van der Waals surface area contributed by atoms with E-state index in [-0.39, 0.29) is 5.69 Å². The summed E-state index contributed by atoms with van der Waals surface area (Å²) in [6, 6.07) is 0.228. The fourth-order valence-electron chi connectivity index (χ4n) is 1.33. The quantitative estimate of drug-likeness (QED) is 0.680. The van der Waals surface area contributed by atoms with Crippen LogP contribution in [0.3, 0.4) is 0 Å². The zero-order valence-corrected chi connectivity index (χ0v) is 7.21. The number of carbonyl (C=O) groups is 1. The van der Waals surface area contributed by atoms with E-state index < -0.39 is 6.04 Å². The molecule has 0 radical (unpaired) electrons. The molecule has 4 heteroatoms. The van der Waals surface area contributed by atoms with E-state index in [0.717, 1.165) is 29.2 Å². The van der Waals surface area contributed by atoms with Gasteiger partial charge in [0.05, 0.1) is 0 Å². The molecular formula is C8H8FNOS. The summed E-state index contributed by atoms with van der Waals surface area (Å²) in [7, 11) is 0. The van der Waals surface area contributed by atoms with E-state index in [2.05, 4.69) is 4.98 Å². The Morgan fingerprint density at radius 3 is 3.17 bits per heavy atom. The lowest BCUT2D eigenvalue weighted by molar-refractivity contribution is 0.0830. The summed E-state index contributed by atoms with van der Waals surface area (Å²) in [6.45, 7) is 0. The maximum absolute atomic E-state index is 12.2. The highest BCUT2D eigenvalue weighted by atomic mass is 32.2. The third-order valence-electron chi connectivity index (χ3n) is 1.90. The molecule has 1 aliphatic rings. The number of aromatic amines is 1. The zero-order valence-electron chi connectivity index (χ0n) is 6.39. The first-order valence-electron chi connectivity index (χ1n) is 3.82. The van der Waals surface area contributed by atoms with Gasteiger partial charge in [-0.2, -0.15) is 4.39 Å². The lowest BCUT2D eigenvalue weighted by Gasteiger charge is -2.08. The summed E-state index contributed by atoms with van der Waals surface area (Å²) >= 11 is 1.68. The Labute approximate surface area is 73.5 Å². The second kappa shape index (κ2) is 2.94. The summed E-state index contributed by atoms with van der Waals surface area (Å²) in [6.07, 6.45) is 2.02. The fraction of sp³-hybridized carbons (Fsp3) is 0.375. The van der Waals surface area contributed by atoms with E-state index in [1.54, 1.807) is 17.8 Å². The Hall–Kier alpha value is -0.770. The van der Waals surface area contributed by atoms with Crippen LogP contribution in [0.5, 0.6) is 0 Å². The van der Waals surface area contributed by atoms with Crippen LogP contribution in [0.2, 0.25) is 0 Å². The summed E-state index contributed by atoms with van der Waals surface area (Å²) in [5, 5.41) is 0. The van der Waals surface area contributed by atoms with Crippen molar-refractivity contribution in [3.63, 3.8) is 0 Å². The number of rotatable bonds is 1. The molecule has 1 aliphatic heterocycles. The number of nitrogens with one attached hydrogen (secondary N) is 1. The molecule has 0 aliphatic carbocycles. The van der Waals surface area contributed by atoms with Crippen LogP contribution >= 0.6 is 11.8 Å². The van der Waals surface area contributed by atoms with Crippen molar-refractivity contribution in [2.24, 2.45) is 0 Å². The zero-order chi connectivity index (χ0) is 8.55. The molecule has 2 rings (SSSR count). The molecule has 1 aromatic rings. The molecule has 12 heavy (non-hydrogen) atoms. The first kappa shape index (κ1) is 7.86. The predicted octanol–water partition coefficient (Wildman–Crippen LogP) is 2.16. The Balaban J connectivity index is 2.38. The van der Waals surface area contributed by atoms with Gasteiger partial charge in [-0.15, -0.1) is 11.8 Å². The lowest BCUT2D eigenvalue weighted by Crippen LogP contribution is -1.96. The normalized spacial score (nSPS) is 15.8. The van der Waals surface area contributed by atoms with Gasteiger partial charge in [0, 0.05) is 10.6 Å². The number of aromatic nitrogens is 1. The molecule has 2 heterocycles. The molecule has 0 bridgehead atoms. The SMILES string of the molecule is O=C(F)c1cc2c([nH]1)CCCS2. The second-order valence-electron chi connectivity index (χ2n) is 2.75. The van der Waals surface area contributed by atoms with Crippen LogP contribution in [0.4, 0.5) is 4.39 Å². The van der Waals surface area contributed by atoms with Crippen molar-refractivity contribution in [1.82, 2.24) is 4.98 Å². The van der Waals surface area contributed by atoms with Gasteiger partial charge in [-0.25, -0.2) is 0 Å². The first-order chi connectivity index (χ1) is 5.77. The highest BCUT2D eigenvalue weighted by molar-refractivity contribution is 7.99. The van der Waals surface area contributed by atoms with Gasteiger partial charge in [-0.05, 0) is 24.7 Å². The molecule has 0 unspecified atom stereocenters. The third-order valence-corrected chi connectivity index (χ3v) is 3.07. The molecule has 2 nitrogen and oxygen atoms in total. The number of aryl methyl sites for hydroxylation is 1. The molecule has 0 saturated heterocycles. The van der Waals surface area contributed by atoms with Crippen LogP contribution in [-0.4, -0.2) is 16.8 Å². The summed E-state index contributed by atoms with van der Waals surface area (Å²) < 4.78 is 12.2. The Morgan fingerprint density at radius 1 is 1.67 bits per heavy atom. The van der Waals surface area contributed by atoms with Gasteiger partial charge >= 0.3 is 6.04 Å². The number of H-pyrrole nitrogens is 1. The van der Waals surface area contributed by atoms with Crippen LogP contribution in [0.25, 0.3) is 0 Å². The number of hydrogen-bond donors (Lipinski definition) is 1. The molecule has 0 aromatic carbocycles. The molecule has 0 amide bonds. The second-order valence-corrected chi connectivity index (χ2v) is 3.89. The summed E-state index contributed by atoms with van der Waals surface area (Å²) in [4.78, 5) is 14.2. The van der Waals surface area contributed by atoms with Crippen LogP contribution in [0.1, 0.15) is 22.6 Å². The van der Waals surface area contributed by atoms with Gasteiger partial charge in [-0.1, -0.05) is 0 Å². The molecule has 0 spiro atoms. The van der Waals surface area contributed by atoms with Crippen LogP contribution in [0, 0.1) is 0 Å². The van der Waals surface area contributed by atoms with Crippen molar-refractivity contribution in [3.8, 4) is 0 Å². The van der Waals surface area contributed by atoms with Gasteiger partial charge in [0.15, 0.2) is 0 Å². The van der Waals surface area contributed by atoms with Crippen molar-refractivity contribution < 1.29 is 9.18 Å². The van der Waals surface area contributed by atoms with E-state index in [9.17, 15) is 9.18 Å². The highest BCUT2D eigenvalue weighted by Crippen LogP contribution is 2.30. The van der Waals surface area contributed by atoms with E-state index in [4.69, 9.17) is 0 Å². The number of halogens is 1. The largest absolute Gasteiger partial charge is 0.353 e. The van der Waals surface area contributed by atoms with Crippen LogP contribution in [0.15, 0.2) is 11.0 Å². The molecule has 0 atom stereocenters. The van der Waals surface area contributed by atoms with E-state index in [0.29, 0.717) is 0 Å². The van der Waals surface area contributed by atoms with Crippen LogP contribution in [-0.2, 0) is 6.42 Å². The number of thioether (sulfide) groups is 1. The maximum atomic E-state index is 12.2. The molecular weight excluding hydrogens is 177 g/mol. The first-order valence-corrected chi connectivity index (χ1v) is 4.80. The topological polar surface area (TPSA) is 32.9 Å². The number of fused-ring (bicyclic) bond motifs is 1. The minimum Gasteiger partial charge on any atom is -0.353 e. The minimum absolute atomic E-state index is 0.0920. The van der Waals surface area contributed by atoms with Crippen LogP contribution < -0.4 is 0 Å². The molecule has 1 N–H and O–H groups in total. The van der Waals surface area contributed by atoms with E-state index in [1.165, 1.54) is 0 Å². The van der Waals surface area contributed by atoms with Crippen molar-refractivity contribution in [2.75, 3.05) is 5.75 Å². The van der Waals surface area contributed by atoms with Gasteiger partial charge in [-0.3, -0.25) is 4.79 Å². The molecule has 1 aromatic heterocycles. The summed E-state index contributed by atoms with van der Waals surface area (Å²) in [5.74, 6) is 1.06. The maximum Gasteiger partial charge on any atom is 0.348 e. The van der Waals surface area contributed by atoms with Gasteiger partial charge in [0.1, 0.15) is 5.69 Å². The number of hydrogen-bond acceptors (Lipinski definition) is 2. The van der Waals surface area contributed by atoms with Crippen molar-refractivity contribution in [2.45, 2.75) is 17.7 Å². The van der Waals surface area contributed by atoms with Crippen molar-refractivity contribution in [3.05, 3.63) is 17.5 Å². The third kappa shape index (κ3) is 1.27. The van der Waals surface area contributed by atoms with Gasteiger partial charge in [0.25, 0.3) is 0 Å². The summed E-state index contributed by atoms with van der Waals surface area (Å²) in [5.41, 5.74) is 1.10.